The van der Waals surface area contributed by atoms with Gasteiger partial charge in [-0.25, -0.2) is 0 Å². The minimum Gasteiger partial charge on any atom is -0.481 e. The van der Waals surface area contributed by atoms with Crippen LogP contribution in [0.3, 0.4) is 0 Å². The molecule has 23 heavy (non-hydrogen) atoms. The average Bonchev–Trinajstić information content (AvgIpc) is 2.57. The summed E-state index contributed by atoms with van der Waals surface area (Å²) in [4.78, 5) is 21.1. The summed E-state index contributed by atoms with van der Waals surface area (Å²) in [6.07, 6.45) is 3.34. The van der Waals surface area contributed by atoms with Crippen molar-refractivity contribution in [2.24, 2.45) is 11.8 Å². The number of hydrogen-bond donors (Lipinski definition) is 0. The summed E-state index contributed by atoms with van der Waals surface area (Å²) in [6, 6.07) is 2.27. The molecule has 0 N–H and O–H groups in total. The highest BCUT2D eigenvalue weighted by molar-refractivity contribution is 6.02. The zero-order valence-electron chi connectivity index (χ0n) is 13.7. The Balaban J connectivity index is 2.27. The number of allylic oxidation sites excluding steroid dienone is 2. The maximum Gasteiger partial charge on any atom is 0.319 e. The topological polar surface area (TPSA) is 85.1 Å². The summed E-state index contributed by atoms with van der Waals surface area (Å²) in [7, 11) is 3.08. The van der Waals surface area contributed by atoms with E-state index in [2.05, 4.69) is 9.97 Å². The fraction of sp³-hybridized carbons (Fsp3) is 0.529. The van der Waals surface area contributed by atoms with E-state index in [0.29, 0.717) is 5.88 Å². The van der Waals surface area contributed by atoms with Crippen molar-refractivity contribution in [2.45, 2.75) is 32.1 Å². The van der Waals surface area contributed by atoms with Gasteiger partial charge in [-0.1, -0.05) is 19.9 Å². The Bertz CT molecular complexity index is 750. The smallest absolute Gasteiger partial charge is 0.319 e. The van der Waals surface area contributed by atoms with Crippen LogP contribution in [0.5, 0.6) is 11.9 Å². The van der Waals surface area contributed by atoms with Gasteiger partial charge >= 0.3 is 6.01 Å². The number of ether oxygens (including phenoxy) is 2. The van der Waals surface area contributed by atoms with Gasteiger partial charge in [0, 0.05) is 16.9 Å². The van der Waals surface area contributed by atoms with Crippen LogP contribution in [0.2, 0.25) is 0 Å². The van der Waals surface area contributed by atoms with E-state index in [-0.39, 0.29) is 29.2 Å². The predicted octanol–water partition coefficient (Wildman–Crippen LogP) is 1.98. The van der Waals surface area contributed by atoms with E-state index in [1.807, 2.05) is 19.9 Å². The first-order valence-corrected chi connectivity index (χ1v) is 7.62. The molecule has 0 aromatic carbocycles. The highest BCUT2D eigenvalue weighted by Crippen LogP contribution is 2.50. The van der Waals surface area contributed by atoms with E-state index in [1.165, 1.54) is 7.11 Å². The number of Topliss-reactive ketones (excluding diaryl/α,β-unsaturated/α-hetero) is 1. The molecule has 6 nitrogen and oxygen atoms in total. The Morgan fingerprint density at radius 2 is 2.09 bits per heavy atom. The summed E-state index contributed by atoms with van der Waals surface area (Å²) in [5.74, 6) is 0.318. The molecule has 1 aromatic heterocycles. The van der Waals surface area contributed by atoms with Crippen molar-refractivity contribution < 1.29 is 14.3 Å². The van der Waals surface area contributed by atoms with Crippen molar-refractivity contribution in [1.29, 1.82) is 5.26 Å². The number of carbonyl (C=O) groups is 1. The molecule has 0 radical (unpaired) electrons. The van der Waals surface area contributed by atoms with Crippen LogP contribution in [-0.2, 0) is 16.6 Å². The third-order valence-corrected chi connectivity index (χ3v) is 5.16. The molecule has 1 aromatic rings. The molecule has 2 aliphatic rings. The molecule has 0 bridgehead atoms. The third kappa shape index (κ3) is 2.11. The Kier molecular flexibility index (Phi) is 3.59. The average molecular weight is 313 g/mol. The summed E-state index contributed by atoms with van der Waals surface area (Å²) >= 11 is 0. The minimum atomic E-state index is -0.504. The fourth-order valence-electron chi connectivity index (χ4n) is 3.98. The first kappa shape index (κ1) is 15.5. The van der Waals surface area contributed by atoms with Crippen LogP contribution in [0.4, 0.5) is 0 Å². The Morgan fingerprint density at radius 1 is 1.35 bits per heavy atom. The van der Waals surface area contributed by atoms with Crippen molar-refractivity contribution in [1.82, 2.24) is 9.97 Å². The Morgan fingerprint density at radius 3 is 2.70 bits per heavy atom. The quantitative estimate of drug-likeness (QED) is 0.830. The molecule has 3 unspecified atom stereocenters. The van der Waals surface area contributed by atoms with Gasteiger partial charge in [-0.2, -0.15) is 15.2 Å². The number of aromatic nitrogens is 2. The normalized spacial score (nSPS) is 29.0. The summed E-state index contributed by atoms with van der Waals surface area (Å²) in [5, 5.41) is 9.31. The van der Waals surface area contributed by atoms with Gasteiger partial charge in [-0.15, -0.1) is 0 Å². The maximum absolute atomic E-state index is 12.3. The largest absolute Gasteiger partial charge is 0.481 e. The molecule has 0 spiro atoms. The third-order valence-electron chi connectivity index (χ3n) is 5.16. The molecule has 0 fully saturated rings. The molecule has 0 aliphatic heterocycles. The molecule has 0 amide bonds. The Hall–Kier alpha value is -2.42. The zero-order chi connectivity index (χ0) is 16.8. The number of carbonyl (C=O) groups excluding carboxylic acids is 1. The van der Waals surface area contributed by atoms with Crippen LogP contribution in [0, 0.1) is 23.2 Å². The second-order valence-corrected chi connectivity index (χ2v) is 6.30. The second-order valence-electron chi connectivity index (χ2n) is 6.30. The monoisotopic (exact) mass is 313 g/mol. The number of nitrogens with zero attached hydrogens (tertiary/aromatic N) is 3. The summed E-state index contributed by atoms with van der Waals surface area (Å²) in [6.45, 7) is 3.93. The second kappa shape index (κ2) is 5.34. The predicted molar refractivity (Wildman–Crippen MR) is 82.2 cm³/mol. The van der Waals surface area contributed by atoms with Gasteiger partial charge in [0.1, 0.15) is 6.07 Å². The summed E-state index contributed by atoms with van der Waals surface area (Å²) in [5.41, 5.74) is 1.43. The number of rotatable bonds is 2. The first-order chi connectivity index (χ1) is 11.0. The van der Waals surface area contributed by atoms with Crippen LogP contribution in [0.15, 0.2) is 11.6 Å². The van der Waals surface area contributed by atoms with Crippen LogP contribution >= 0.6 is 0 Å². The standard InChI is InChI=1S/C17H19N3O3/c1-9-12-6-5-11-14(19-16(23-4)20-15(11)22-3)17(12,2)7-10(8-18)13(9)21/h7,9,12H,5-6H2,1-4H3. The molecule has 6 heteroatoms. The van der Waals surface area contributed by atoms with Gasteiger partial charge in [0.2, 0.25) is 5.88 Å². The highest BCUT2D eigenvalue weighted by Gasteiger charge is 2.49. The van der Waals surface area contributed by atoms with Gasteiger partial charge < -0.3 is 9.47 Å². The molecule has 0 saturated carbocycles. The SMILES string of the molecule is COc1nc(OC)c2c(n1)C1(C)C=C(C#N)C(=O)C(C)C1CC2. The van der Waals surface area contributed by atoms with Crippen LogP contribution in [0.1, 0.15) is 31.5 Å². The van der Waals surface area contributed by atoms with E-state index in [0.717, 1.165) is 24.1 Å². The van der Waals surface area contributed by atoms with Crippen molar-refractivity contribution in [3.05, 3.63) is 22.9 Å². The summed E-state index contributed by atoms with van der Waals surface area (Å²) < 4.78 is 10.6. The Labute approximate surface area is 135 Å². The van der Waals surface area contributed by atoms with Gasteiger partial charge in [0.05, 0.1) is 25.5 Å². The van der Waals surface area contributed by atoms with Gasteiger partial charge in [0.25, 0.3) is 0 Å². The van der Waals surface area contributed by atoms with Crippen molar-refractivity contribution in [2.75, 3.05) is 14.2 Å². The lowest BCUT2D eigenvalue weighted by Gasteiger charge is -2.45. The molecular formula is C17H19N3O3. The molecule has 3 rings (SSSR count). The van der Waals surface area contributed by atoms with Gasteiger partial charge in [-0.3, -0.25) is 4.79 Å². The van der Waals surface area contributed by atoms with Gasteiger partial charge in [-0.05, 0) is 18.8 Å². The number of nitriles is 1. The lowest BCUT2D eigenvalue weighted by atomic mass is 9.58. The van der Waals surface area contributed by atoms with Crippen molar-refractivity contribution in [3.8, 4) is 18.0 Å². The number of fused-ring (bicyclic) bond motifs is 3. The molecule has 0 saturated heterocycles. The van der Waals surface area contributed by atoms with Crippen LogP contribution in [0.25, 0.3) is 0 Å². The molecule has 1 heterocycles. The zero-order valence-corrected chi connectivity index (χ0v) is 13.7. The highest BCUT2D eigenvalue weighted by atomic mass is 16.5. The maximum atomic E-state index is 12.3. The number of ketones is 1. The molecular weight excluding hydrogens is 294 g/mol. The fourth-order valence-corrected chi connectivity index (χ4v) is 3.98. The van der Waals surface area contributed by atoms with E-state index in [1.54, 1.807) is 13.2 Å². The van der Waals surface area contributed by atoms with E-state index in [4.69, 9.17) is 9.47 Å². The molecule has 3 atom stereocenters. The number of methoxy groups -OCH3 is 2. The number of hydrogen-bond acceptors (Lipinski definition) is 6. The molecule has 2 aliphatic carbocycles. The van der Waals surface area contributed by atoms with E-state index >= 15 is 0 Å². The van der Waals surface area contributed by atoms with Crippen LogP contribution < -0.4 is 9.47 Å². The van der Waals surface area contributed by atoms with Gasteiger partial charge in [0.15, 0.2) is 5.78 Å². The lowest BCUT2D eigenvalue weighted by Crippen LogP contribution is -2.46. The molecule has 120 valence electrons. The first-order valence-electron chi connectivity index (χ1n) is 7.62. The van der Waals surface area contributed by atoms with E-state index < -0.39 is 5.41 Å². The van der Waals surface area contributed by atoms with Crippen molar-refractivity contribution >= 4 is 5.78 Å². The van der Waals surface area contributed by atoms with E-state index in [9.17, 15) is 10.1 Å². The van der Waals surface area contributed by atoms with Crippen LogP contribution in [-0.4, -0.2) is 30.0 Å². The lowest BCUT2D eigenvalue weighted by molar-refractivity contribution is -0.121. The van der Waals surface area contributed by atoms with Crippen molar-refractivity contribution in [3.63, 3.8) is 0 Å². The minimum absolute atomic E-state index is 0.0774.